The molecule has 106 valence electrons. The Bertz CT molecular complexity index is 576. The lowest BCUT2D eigenvalue weighted by atomic mass is 10.2. The summed E-state index contributed by atoms with van der Waals surface area (Å²) in [7, 11) is 3.33. The molecule has 0 unspecified atom stereocenters. The van der Waals surface area contributed by atoms with Gasteiger partial charge in [0.1, 0.15) is 5.75 Å². The number of methoxy groups -OCH3 is 1. The summed E-state index contributed by atoms with van der Waals surface area (Å²) in [4.78, 5) is 16.8. The molecule has 2 rings (SSSR count). The van der Waals surface area contributed by atoms with E-state index in [2.05, 4.69) is 25.3 Å². The molecule has 0 fully saturated rings. The third-order valence-corrected chi connectivity index (χ3v) is 2.48. The highest BCUT2D eigenvalue weighted by Gasteiger charge is 2.10. The molecular weight excluding hydrogens is 258 g/mol. The zero-order chi connectivity index (χ0) is 14.4. The Morgan fingerprint density at radius 2 is 2.05 bits per heavy atom. The molecule has 0 amide bonds. The van der Waals surface area contributed by atoms with Crippen LogP contribution in [-0.4, -0.2) is 40.7 Å². The quantitative estimate of drug-likeness (QED) is 0.860. The van der Waals surface area contributed by atoms with E-state index in [9.17, 15) is 0 Å². The lowest BCUT2D eigenvalue weighted by molar-refractivity contribution is 0.292. The zero-order valence-electron chi connectivity index (χ0n) is 11.8. The third kappa shape index (κ3) is 3.31. The molecule has 0 atom stereocenters. The minimum Gasteiger partial charge on any atom is -0.495 e. The maximum absolute atomic E-state index is 5.46. The van der Waals surface area contributed by atoms with Gasteiger partial charge < -0.3 is 14.8 Å². The average molecular weight is 275 g/mol. The van der Waals surface area contributed by atoms with Gasteiger partial charge in [0, 0.05) is 18.8 Å². The van der Waals surface area contributed by atoms with E-state index < -0.39 is 0 Å². The van der Waals surface area contributed by atoms with Crippen molar-refractivity contribution < 1.29 is 9.47 Å². The van der Waals surface area contributed by atoms with E-state index in [-0.39, 0.29) is 0 Å². The highest BCUT2D eigenvalue weighted by atomic mass is 16.5. The average Bonchev–Trinajstić information content (AvgIpc) is 2.52. The Morgan fingerprint density at radius 3 is 2.75 bits per heavy atom. The number of pyridine rings is 1. The van der Waals surface area contributed by atoms with Crippen molar-refractivity contribution in [2.24, 2.45) is 0 Å². The predicted molar refractivity (Wildman–Crippen MR) is 74.9 cm³/mol. The molecule has 0 bridgehead atoms. The molecular formula is C13H17N5O2. The number of nitrogens with one attached hydrogen (secondary N) is 1. The van der Waals surface area contributed by atoms with Crippen molar-refractivity contribution in [1.82, 2.24) is 19.9 Å². The first kappa shape index (κ1) is 14.0. The lowest BCUT2D eigenvalue weighted by Crippen LogP contribution is -2.06. The molecule has 1 N–H and O–H groups in total. The number of hydrogen-bond donors (Lipinski definition) is 1. The van der Waals surface area contributed by atoms with Crippen molar-refractivity contribution in [2.75, 3.05) is 26.1 Å². The summed E-state index contributed by atoms with van der Waals surface area (Å²) >= 11 is 0. The highest BCUT2D eigenvalue weighted by molar-refractivity contribution is 5.57. The van der Waals surface area contributed by atoms with Crippen molar-refractivity contribution in [3.05, 3.63) is 18.5 Å². The summed E-state index contributed by atoms with van der Waals surface area (Å²) in [5.74, 6) is 1.58. The van der Waals surface area contributed by atoms with Crippen molar-refractivity contribution in [1.29, 1.82) is 0 Å². The Morgan fingerprint density at radius 1 is 1.20 bits per heavy atom. The van der Waals surface area contributed by atoms with Crippen LogP contribution in [0.5, 0.6) is 11.8 Å². The number of nitrogens with zero attached hydrogens (tertiary/aromatic N) is 4. The van der Waals surface area contributed by atoms with Crippen LogP contribution >= 0.6 is 0 Å². The topological polar surface area (TPSA) is 82.0 Å². The molecule has 2 aromatic rings. The fourth-order valence-electron chi connectivity index (χ4n) is 1.51. The van der Waals surface area contributed by atoms with Gasteiger partial charge in [0.2, 0.25) is 5.95 Å². The van der Waals surface area contributed by atoms with Gasteiger partial charge in [0.05, 0.1) is 19.9 Å². The number of anilines is 1. The molecule has 0 aliphatic carbocycles. The molecule has 0 saturated heterocycles. The van der Waals surface area contributed by atoms with E-state index >= 15 is 0 Å². The number of aromatic nitrogens is 4. The Kier molecular flexibility index (Phi) is 4.65. The van der Waals surface area contributed by atoms with Crippen LogP contribution < -0.4 is 14.8 Å². The maximum Gasteiger partial charge on any atom is 0.321 e. The minimum absolute atomic E-state index is 0.295. The monoisotopic (exact) mass is 275 g/mol. The standard InChI is InChI=1S/C13H17N5O2/c1-4-5-20-13-17-11(16-12(14-2)18-13)9-6-10(19-3)8-15-7-9/h6-8H,4-5H2,1-3H3,(H,14,16,17,18). The molecule has 2 heterocycles. The normalized spacial score (nSPS) is 10.2. The van der Waals surface area contributed by atoms with Crippen LogP contribution in [0.2, 0.25) is 0 Å². The largest absolute Gasteiger partial charge is 0.495 e. The second-order valence-electron chi connectivity index (χ2n) is 3.98. The molecule has 0 saturated carbocycles. The van der Waals surface area contributed by atoms with Crippen LogP contribution in [0, 0.1) is 0 Å². The summed E-state index contributed by atoms with van der Waals surface area (Å²) < 4.78 is 10.6. The summed E-state index contributed by atoms with van der Waals surface area (Å²) in [6, 6.07) is 2.11. The summed E-state index contributed by atoms with van der Waals surface area (Å²) in [6.45, 7) is 2.58. The van der Waals surface area contributed by atoms with Crippen LogP contribution in [-0.2, 0) is 0 Å². The van der Waals surface area contributed by atoms with Crippen LogP contribution in [0.15, 0.2) is 18.5 Å². The molecule has 0 aliphatic heterocycles. The van der Waals surface area contributed by atoms with E-state index in [1.165, 1.54) is 0 Å². The van der Waals surface area contributed by atoms with Gasteiger partial charge in [-0.2, -0.15) is 15.0 Å². The van der Waals surface area contributed by atoms with E-state index in [1.807, 2.05) is 13.0 Å². The fraction of sp³-hybridized carbons (Fsp3) is 0.385. The summed E-state index contributed by atoms with van der Waals surface area (Å²) in [5.41, 5.74) is 0.740. The second kappa shape index (κ2) is 6.65. The first-order chi connectivity index (χ1) is 9.76. The fourth-order valence-corrected chi connectivity index (χ4v) is 1.51. The molecule has 0 spiro atoms. The van der Waals surface area contributed by atoms with Gasteiger partial charge in [-0.15, -0.1) is 0 Å². The van der Waals surface area contributed by atoms with Gasteiger partial charge in [0.25, 0.3) is 0 Å². The zero-order valence-corrected chi connectivity index (χ0v) is 11.8. The Hall–Kier alpha value is -2.44. The first-order valence-corrected chi connectivity index (χ1v) is 6.33. The van der Waals surface area contributed by atoms with Crippen LogP contribution in [0.25, 0.3) is 11.4 Å². The van der Waals surface area contributed by atoms with Crippen molar-refractivity contribution in [3.63, 3.8) is 0 Å². The molecule has 7 nitrogen and oxygen atoms in total. The van der Waals surface area contributed by atoms with E-state index in [0.29, 0.717) is 30.1 Å². The van der Waals surface area contributed by atoms with Crippen molar-refractivity contribution >= 4 is 5.95 Å². The maximum atomic E-state index is 5.46. The molecule has 0 aromatic carbocycles. The van der Waals surface area contributed by atoms with Gasteiger partial charge in [-0.3, -0.25) is 4.98 Å². The minimum atomic E-state index is 0.295. The Labute approximate surface area is 117 Å². The predicted octanol–water partition coefficient (Wildman–Crippen LogP) is 1.77. The van der Waals surface area contributed by atoms with Crippen LogP contribution in [0.1, 0.15) is 13.3 Å². The van der Waals surface area contributed by atoms with Crippen LogP contribution in [0.4, 0.5) is 5.95 Å². The van der Waals surface area contributed by atoms with E-state index in [0.717, 1.165) is 12.0 Å². The summed E-state index contributed by atoms with van der Waals surface area (Å²) in [6.07, 6.45) is 4.18. The number of hydrogen-bond acceptors (Lipinski definition) is 7. The second-order valence-corrected chi connectivity index (χ2v) is 3.98. The van der Waals surface area contributed by atoms with Crippen molar-refractivity contribution in [2.45, 2.75) is 13.3 Å². The highest BCUT2D eigenvalue weighted by Crippen LogP contribution is 2.21. The van der Waals surface area contributed by atoms with E-state index in [4.69, 9.17) is 9.47 Å². The lowest BCUT2D eigenvalue weighted by Gasteiger charge is -2.08. The SMILES string of the molecule is CCCOc1nc(NC)nc(-c2cncc(OC)c2)n1. The van der Waals surface area contributed by atoms with E-state index in [1.54, 1.807) is 26.6 Å². The molecule has 2 aromatic heterocycles. The smallest absolute Gasteiger partial charge is 0.321 e. The van der Waals surface area contributed by atoms with Gasteiger partial charge in [-0.05, 0) is 12.5 Å². The van der Waals surface area contributed by atoms with Gasteiger partial charge >= 0.3 is 6.01 Å². The molecule has 0 aliphatic rings. The van der Waals surface area contributed by atoms with Crippen molar-refractivity contribution in [3.8, 4) is 23.1 Å². The first-order valence-electron chi connectivity index (χ1n) is 6.33. The van der Waals surface area contributed by atoms with Gasteiger partial charge in [0.15, 0.2) is 5.82 Å². The third-order valence-electron chi connectivity index (χ3n) is 2.48. The summed E-state index contributed by atoms with van der Waals surface area (Å²) in [5, 5.41) is 2.89. The van der Waals surface area contributed by atoms with Gasteiger partial charge in [-0.1, -0.05) is 6.92 Å². The molecule has 20 heavy (non-hydrogen) atoms. The number of ether oxygens (including phenoxy) is 2. The van der Waals surface area contributed by atoms with Crippen LogP contribution in [0.3, 0.4) is 0 Å². The number of rotatable bonds is 6. The van der Waals surface area contributed by atoms with Gasteiger partial charge in [-0.25, -0.2) is 0 Å². The molecule has 0 radical (unpaired) electrons. The molecule has 7 heteroatoms. The Balaban J connectivity index is 2.38.